The number of carbonyl (C=O) groups is 1. The van der Waals surface area contributed by atoms with E-state index in [9.17, 15) is 4.79 Å². The van der Waals surface area contributed by atoms with Gasteiger partial charge in [0.15, 0.2) is 5.69 Å². The zero-order chi connectivity index (χ0) is 15.0. The smallest absolute Gasteiger partial charge is 0.273 e. The van der Waals surface area contributed by atoms with Crippen molar-refractivity contribution in [3.05, 3.63) is 48.4 Å². The van der Waals surface area contributed by atoms with Crippen LogP contribution in [0.1, 0.15) is 10.5 Å². The molecule has 6 nitrogen and oxygen atoms in total. The molecule has 0 radical (unpaired) electrons. The molecule has 0 bridgehead atoms. The summed E-state index contributed by atoms with van der Waals surface area (Å²) in [6.07, 6.45) is 3.46. The molecular weight excluding hydrogens is 266 g/mol. The largest absolute Gasteiger partial charge is 0.398 e. The van der Waals surface area contributed by atoms with Crippen molar-refractivity contribution in [1.82, 2.24) is 19.7 Å². The molecule has 1 amide bonds. The summed E-state index contributed by atoms with van der Waals surface area (Å²) in [5.74, 6) is -0.138. The second-order valence-corrected chi connectivity index (χ2v) is 4.92. The van der Waals surface area contributed by atoms with Crippen molar-refractivity contribution >= 4 is 22.5 Å². The molecule has 6 heteroatoms. The Bertz CT molecular complexity index is 822. The van der Waals surface area contributed by atoms with Gasteiger partial charge in [0.25, 0.3) is 5.91 Å². The number of amides is 1. The van der Waals surface area contributed by atoms with Gasteiger partial charge in [0.2, 0.25) is 0 Å². The Morgan fingerprint density at radius 2 is 2.05 bits per heavy atom. The van der Waals surface area contributed by atoms with Crippen LogP contribution in [0.25, 0.3) is 16.6 Å². The predicted octanol–water partition coefficient (Wildman–Crippen LogP) is 1.70. The third kappa shape index (κ3) is 2.20. The Balaban J connectivity index is 2.14. The van der Waals surface area contributed by atoms with E-state index in [0.29, 0.717) is 11.4 Å². The molecule has 3 aromatic rings. The first-order valence-electron chi connectivity index (χ1n) is 6.49. The van der Waals surface area contributed by atoms with Crippen molar-refractivity contribution in [2.45, 2.75) is 0 Å². The number of nitrogens with two attached hydrogens (primary N) is 1. The van der Waals surface area contributed by atoms with E-state index >= 15 is 0 Å². The maximum absolute atomic E-state index is 11.9. The molecule has 3 rings (SSSR count). The topological polar surface area (TPSA) is 77.0 Å². The van der Waals surface area contributed by atoms with Gasteiger partial charge in [-0.1, -0.05) is 0 Å². The predicted molar refractivity (Wildman–Crippen MR) is 81.3 cm³/mol. The fourth-order valence-corrected chi connectivity index (χ4v) is 2.17. The van der Waals surface area contributed by atoms with Crippen LogP contribution in [0.5, 0.6) is 0 Å². The van der Waals surface area contributed by atoms with Crippen LogP contribution in [0.3, 0.4) is 0 Å². The first kappa shape index (κ1) is 13.1. The summed E-state index contributed by atoms with van der Waals surface area (Å²) < 4.78 is 1.64. The van der Waals surface area contributed by atoms with Crippen LogP contribution in [-0.2, 0) is 0 Å². The van der Waals surface area contributed by atoms with Gasteiger partial charge in [-0.25, -0.2) is 4.68 Å². The Hall–Kier alpha value is -2.89. The van der Waals surface area contributed by atoms with Crippen molar-refractivity contribution in [1.29, 1.82) is 0 Å². The molecule has 106 valence electrons. The van der Waals surface area contributed by atoms with Crippen molar-refractivity contribution in [2.24, 2.45) is 0 Å². The summed E-state index contributed by atoms with van der Waals surface area (Å²) in [5, 5.41) is 5.19. The maximum Gasteiger partial charge on any atom is 0.273 e. The lowest BCUT2D eigenvalue weighted by atomic mass is 10.1. The maximum atomic E-state index is 11.9. The summed E-state index contributed by atoms with van der Waals surface area (Å²) >= 11 is 0. The van der Waals surface area contributed by atoms with Gasteiger partial charge in [-0.2, -0.15) is 5.10 Å². The number of nitrogen functional groups attached to an aromatic ring is 1. The van der Waals surface area contributed by atoms with Gasteiger partial charge in [0.05, 0.1) is 11.2 Å². The van der Waals surface area contributed by atoms with Crippen LogP contribution in [0.4, 0.5) is 5.69 Å². The van der Waals surface area contributed by atoms with Crippen LogP contribution in [0, 0.1) is 0 Å². The molecule has 2 N–H and O–H groups in total. The highest BCUT2D eigenvalue weighted by Crippen LogP contribution is 2.25. The molecule has 0 saturated carbocycles. The molecule has 2 heterocycles. The molecule has 1 aromatic carbocycles. The van der Waals surface area contributed by atoms with Crippen LogP contribution in [-0.4, -0.2) is 39.7 Å². The van der Waals surface area contributed by atoms with Crippen LogP contribution in [0.15, 0.2) is 42.7 Å². The number of hydrogen-bond acceptors (Lipinski definition) is 4. The minimum atomic E-state index is -0.138. The minimum Gasteiger partial charge on any atom is -0.398 e. The molecule has 0 aliphatic heterocycles. The van der Waals surface area contributed by atoms with Gasteiger partial charge < -0.3 is 10.6 Å². The summed E-state index contributed by atoms with van der Waals surface area (Å²) in [7, 11) is 3.39. The lowest BCUT2D eigenvalue weighted by Crippen LogP contribution is -2.22. The summed E-state index contributed by atoms with van der Waals surface area (Å²) in [5.41, 5.74) is 8.56. The molecule has 0 fully saturated rings. The molecule has 0 aliphatic carbocycles. The van der Waals surface area contributed by atoms with E-state index in [1.807, 2.05) is 24.3 Å². The molecule has 0 aliphatic rings. The van der Waals surface area contributed by atoms with E-state index < -0.39 is 0 Å². The monoisotopic (exact) mass is 281 g/mol. The number of benzene rings is 1. The van der Waals surface area contributed by atoms with Gasteiger partial charge in [-0.3, -0.25) is 9.78 Å². The van der Waals surface area contributed by atoms with E-state index in [4.69, 9.17) is 5.73 Å². The van der Waals surface area contributed by atoms with Gasteiger partial charge in [0, 0.05) is 37.6 Å². The molecule has 0 saturated heterocycles. The van der Waals surface area contributed by atoms with Gasteiger partial charge in [-0.15, -0.1) is 0 Å². The standard InChI is InChI=1S/C15H15N5O/c1-19(2)15(21)12-7-9-20(18-12)13-6-5-11(16)10-4-3-8-17-14(10)13/h3-9H,16H2,1-2H3. The van der Waals surface area contributed by atoms with Crippen molar-refractivity contribution in [2.75, 3.05) is 19.8 Å². The second-order valence-electron chi connectivity index (χ2n) is 4.92. The number of rotatable bonds is 2. The number of nitrogens with zero attached hydrogens (tertiary/aromatic N) is 4. The SMILES string of the molecule is CN(C)C(=O)c1ccn(-c2ccc(N)c3cccnc23)n1. The number of anilines is 1. The molecule has 0 atom stereocenters. The Morgan fingerprint density at radius 3 is 2.81 bits per heavy atom. The lowest BCUT2D eigenvalue weighted by Gasteiger charge is -2.09. The summed E-state index contributed by atoms with van der Waals surface area (Å²) in [6.45, 7) is 0. The van der Waals surface area contributed by atoms with Gasteiger partial charge >= 0.3 is 0 Å². The van der Waals surface area contributed by atoms with Gasteiger partial charge in [0.1, 0.15) is 0 Å². The molecular formula is C15H15N5O. The van der Waals surface area contributed by atoms with E-state index in [-0.39, 0.29) is 5.91 Å². The average Bonchev–Trinajstić information content (AvgIpc) is 2.96. The number of hydrogen-bond donors (Lipinski definition) is 1. The molecule has 2 aromatic heterocycles. The van der Waals surface area contributed by atoms with Crippen molar-refractivity contribution < 1.29 is 4.79 Å². The third-order valence-electron chi connectivity index (χ3n) is 3.24. The molecule has 21 heavy (non-hydrogen) atoms. The summed E-state index contributed by atoms with van der Waals surface area (Å²) in [6, 6.07) is 9.10. The van der Waals surface area contributed by atoms with Crippen molar-refractivity contribution in [3.63, 3.8) is 0 Å². The van der Waals surface area contributed by atoms with E-state index in [1.165, 1.54) is 4.90 Å². The number of aromatic nitrogens is 3. The second kappa shape index (κ2) is 4.90. The normalized spacial score (nSPS) is 10.8. The zero-order valence-corrected chi connectivity index (χ0v) is 11.8. The first-order chi connectivity index (χ1) is 10.1. The van der Waals surface area contributed by atoms with E-state index in [2.05, 4.69) is 10.1 Å². The number of carbonyl (C=O) groups excluding carboxylic acids is 1. The minimum absolute atomic E-state index is 0.138. The van der Waals surface area contributed by atoms with E-state index in [0.717, 1.165) is 16.6 Å². The first-order valence-corrected chi connectivity index (χ1v) is 6.49. The van der Waals surface area contributed by atoms with E-state index in [1.54, 1.807) is 37.2 Å². The fraction of sp³-hybridized carbons (Fsp3) is 0.133. The molecule has 0 spiro atoms. The van der Waals surface area contributed by atoms with Gasteiger partial charge in [-0.05, 0) is 30.3 Å². The highest BCUT2D eigenvalue weighted by molar-refractivity contribution is 5.96. The number of fused-ring (bicyclic) bond motifs is 1. The Labute approximate surface area is 121 Å². The zero-order valence-electron chi connectivity index (χ0n) is 11.8. The summed E-state index contributed by atoms with van der Waals surface area (Å²) in [4.78, 5) is 17.8. The van der Waals surface area contributed by atoms with Crippen LogP contribution < -0.4 is 5.73 Å². The Kier molecular flexibility index (Phi) is 3.06. The number of pyridine rings is 1. The highest BCUT2D eigenvalue weighted by atomic mass is 16.2. The quantitative estimate of drug-likeness (QED) is 0.725. The Morgan fingerprint density at radius 1 is 1.24 bits per heavy atom. The van der Waals surface area contributed by atoms with Crippen LogP contribution >= 0.6 is 0 Å². The fourth-order valence-electron chi connectivity index (χ4n) is 2.17. The third-order valence-corrected chi connectivity index (χ3v) is 3.24. The van der Waals surface area contributed by atoms with Crippen molar-refractivity contribution in [3.8, 4) is 5.69 Å². The van der Waals surface area contributed by atoms with Crippen LogP contribution in [0.2, 0.25) is 0 Å². The lowest BCUT2D eigenvalue weighted by molar-refractivity contribution is 0.0821. The highest BCUT2D eigenvalue weighted by Gasteiger charge is 2.13. The molecule has 0 unspecified atom stereocenters. The average molecular weight is 281 g/mol.